The number of hydrogen-bond donors (Lipinski definition) is 3. The topological polar surface area (TPSA) is 72.4 Å². The molecule has 0 unspecified atom stereocenters. The van der Waals surface area contributed by atoms with E-state index in [0.717, 1.165) is 50.7 Å². The van der Waals surface area contributed by atoms with E-state index in [-0.39, 0.29) is 35.9 Å². The molecule has 1 fully saturated rings. The van der Waals surface area contributed by atoms with E-state index in [1.807, 2.05) is 24.0 Å². The monoisotopic (exact) mass is 551 g/mol. The third kappa shape index (κ3) is 10.3. The number of hydrogen-bond acceptors (Lipinski definition) is 5. The highest BCUT2D eigenvalue weighted by Gasteiger charge is 2.19. The normalized spacial score (nSPS) is 15.2. The minimum absolute atomic E-state index is 0. The number of ether oxygens (including phenoxy) is 1. The largest absolute Gasteiger partial charge is 0.393 e. The zero-order chi connectivity index (χ0) is 21.8. The second kappa shape index (κ2) is 15.6. The number of anilines is 1. The summed E-state index contributed by atoms with van der Waals surface area (Å²) in [6.45, 7) is 8.03. The van der Waals surface area contributed by atoms with Crippen LogP contribution in [0.3, 0.4) is 0 Å². The van der Waals surface area contributed by atoms with Crippen molar-refractivity contribution in [2.24, 2.45) is 4.99 Å². The summed E-state index contributed by atoms with van der Waals surface area (Å²) in [6, 6.07) is 5.32. The maximum atomic E-state index is 14.6. The second-order valence-corrected chi connectivity index (χ2v) is 7.78. The number of nitrogens with one attached hydrogen (secondary N) is 2. The molecular formula is C22H39FIN5O2. The van der Waals surface area contributed by atoms with Crippen molar-refractivity contribution in [1.82, 2.24) is 15.5 Å². The third-order valence-electron chi connectivity index (χ3n) is 5.26. The molecule has 1 aliphatic heterocycles. The van der Waals surface area contributed by atoms with Crippen molar-refractivity contribution in [2.45, 2.75) is 38.8 Å². The summed E-state index contributed by atoms with van der Waals surface area (Å²) in [6.07, 6.45) is 2.12. The standard InChI is InChI=1S/C22H38FN5O2.HI/c1-4-24-22(25-10-14-27(2)11-5-15-30-3)26-17-18-6-7-21(20(23)16-18)28-12-8-19(29)9-13-28;/h6-7,16,19,29H,4-5,8-15,17H2,1-3H3,(H2,24,25,26);1H. The predicted molar refractivity (Wildman–Crippen MR) is 136 cm³/mol. The Bertz CT molecular complexity index is 657. The summed E-state index contributed by atoms with van der Waals surface area (Å²) in [7, 11) is 3.81. The van der Waals surface area contributed by atoms with Crippen LogP contribution in [0.15, 0.2) is 23.2 Å². The van der Waals surface area contributed by atoms with Gasteiger partial charge in [0.15, 0.2) is 5.96 Å². The first kappa shape index (κ1) is 27.9. The number of rotatable bonds is 11. The van der Waals surface area contributed by atoms with Gasteiger partial charge in [-0.05, 0) is 50.9 Å². The number of piperidine rings is 1. The molecule has 1 aromatic rings. The molecule has 0 atom stereocenters. The Balaban J connectivity index is 0.00000480. The van der Waals surface area contributed by atoms with Crippen LogP contribution >= 0.6 is 24.0 Å². The molecule has 9 heteroatoms. The highest BCUT2D eigenvalue weighted by molar-refractivity contribution is 14.0. The van der Waals surface area contributed by atoms with E-state index in [4.69, 9.17) is 4.74 Å². The number of likely N-dealkylation sites (N-methyl/N-ethyl adjacent to an activating group) is 1. The third-order valence-corrected chi connectivity index (χ3v) is 5.26. The van der Waals surface area contributed by atoms with Crippen LogP contribution in [0, 0.1) is 5.82 Å². The van der Waals surface area contributed by atoms with Crippen molar-refractivity contribution in [3.05, 3.63) is 29.6 Å². The van der Waals surface area contributed by atoms with Crippen LogP contribution in [0.4, 0.5) is 10.1 Å². The predicted octanol–water partition coefficient (Wildman–Crippen LogP) is 2.43. The Morgan fingerprint density at radius 2 is 2.03 bits per heavy atom. The summed E-state index contributed by atoms with van der Waals surface area (Å²) >= 11 is 0. The Morgan fingerprint density at radius 1 is 1.29 bits per heavy atom. The zero-order valence-corrected chi connectivity index (χ0v) is 21.4. The lowest BCUT2D eigenvalue weighted by Crippen LogP contribution is -2.41. The minimum atomic E-state index is -0.264. The lowest BCUT2D eigenvalue weighted by molar-refractivity contribution is 0.145. The van der Waals surface area contributed by atoms with Crippen molar-refractivity contribution >= 4 is 35.6 Å². The van der Waals surface area contributed by atoms with Crippen LogP contribution < -0.4 is 15.5 Å². The molecule has 31 heavy (non-hydrogen) atoms. The first-order valence-corrected chi connectivity index (χ1v) is 10.9. The molecule has 178 valence electrons. The number of aliphatic hydroxyl groups is 1. The van der Waals surface area contributed by atoms with Crippen LogP contribution in [0.1, 0.15) is 31.7 Å². The van der Waals surface area contributed by atoms with Gasteiger partial charge in [-0.3, -0.25) is 0 Å². The molecule has 0 amide bonds. The van der Waals surface area contributed by atoms with E-state index < -0.39 is 0 Å². The zero-order valence-electron chi connectivity index (χ0n) is 19.1. The number of guanidine groups is 1. The molecule has 3 N–H and O–H groups in total. The van der Waals surface area contributed by atoms with Crippen LogP contribution in [0.2, 0.25) is 0 Å². The van der Waals surface area contributed by atoms with E-state index in [2.05, 4.69) is 27.6 Å². The molecule has 0 radical (unpaired) electrons. The van der Waals surface area contributed by atoms with Gasteiger partial charge in [0.2, 0.25) is 0 Å². The summed E-state index contributed by atoms with van der Waals surface area (Å²) in [5.74, 6) is 0.507. The van der Waals surface area contributed by atoms with Gasteiger partial charge < -0.3 is 30.3 Å². The van der Waals surface area contributed by atoms with Gasteiger partial charge in [-0.2, -0.15) is 0 Å². The summed E-state index contributed by atoms with van der Waals surface area (Å²) in [5.41, 5.74) is 1.44. The molecule has 1 heterocycles. The van der Waals surface area contributed by atoms with Crippen LogP contribution in [0.5, 0.6) is 0 Å². The maximum Gasteiger partial charge on any atom is 0.191 e. The fraction of sp³-hybridized carbons (Fsp3) is 0.682. The molecule has 1 aromatic carbocycles. The number of nitrogens with zero attached hydrogens (tertiary/aromatic N) is 3. The van der Waals surface area contributed by atoms with Gasteiger partial charge in [-0.25, -0.2) is 9.38 Å². The highest BCUT2D eigenvalue weighted by atomic mass is 127. The number of aliphatic hydroxyl groups excluding tert-OH is 1. The van der Waals surface area contributed by atoms with Crippen molar-refractivity contribution in [1.29, 1.82) is 0 Å². The van der Waals surface area contributed by atoms with Gasteiger partial charge in [0.25, 0.3) is 0 Å². The van der Waals surface area contributed by atoms with Gasteiger partial charge in [-0.1, -0.05) is 6.07 Å². The fourth-order valence-corrected chi connectivity index (χ4v) is 3.48. The molecule has 0 bridgehead atoms. The van der Waals surface area contributed by atoms with E-state index in [1.54, 1.807) is 13.2 Å². The van der Waals surface area contributed by atoms with Gasteiger partial charge in [0.1, 0.15) is 5.82 Å². The Morgan fingerprint density at radius 3 is 2.68 bits per heavy atom. The molecule has 0 aliphatic carbocycles. The van der Waals surface area contributed by atoms with Gasteiger partial charge in [0.05, 0.1) is 18.3 Å². The SMILES string of the molecule is CCNC(=NCc1ccc(N2CCC(O)CC2)c(F)c1)NCCN(C)CCCOC.I. The molecule has 7 nitrogen and oxygen atoms in total. The first-order valence-electron chi connectivity index (χ1n) is 10.9. The van der Waals surface area contributed by atoms with E-state index in [9.17, 15) is 9.50 Å². The Hall–Kier alpha value is -1.17. The van der Waals surface area contributed by atoms with Crippen molar-refractivity contribution < 1.29 is 14.2 Å². The van der Waals surface area contributed by atoms with Gasteiger partial charge in [-0.15, -0.1) is 24.0 Å². The van der Waals surface area contributed by atoms with Crippen LogP contribution in [-0.2, 0) is 11.3 Å². The Labute approximate surface area is 203 Å². The molecular weight excluding hydrogens is 512 g/mol. The average Bonchev–Trinajstić information content (AvgIpc) is 2.73. The van der Waals surface area contributed by atoms with Crippen LogP contribution in [0.25, 0.3) is 0 Å². The number of benzene rings is 1. The van der Waals surface area contributed by atoms with Crippen LogP contribution in [-0.4, -0.2) is 82.1 Å². The molecule has 1 saturated heterocycles. The molecule has 2 rings (SSSR count). The smallest absolute Gasteiger partial charge is 0.191 e. The molecule has 0 aromatic heterocycles. The molecule has 1 aliphatic rings. The quantitative estimate of drug-likeness (QED) is 0.170. The molecule has 0 saturated carbocycles. The van der Waals surface area contributed by atoms with E-state index >= 15 is 0 Å². The summed E-state index contributed by atoms with van der Waals surface area (Å²) < 4.78 is 19.7. The first-order chi connectivity index (χ1) is 14.5. The average molecular weight is 551 g/mol. The van der Waals surface area contributed by atoms with Crippen molar-refractivity contribution in [3.8, 4) is 0 Å². The van der Waals surface area contributed by atoms with Crippen molar-refractivity contribution in [2.75, 3.05) is 64.9 Å². The summed E-state index contributed by atoms with van der Waals surface area (Å²) in [4.78, 5) is 8.85. The Kier molecular flexibility index (Phi) is 14.0. The minimum Gasteiger partial charge on any atom is -0.393 e. The fourth-order valence-electron chi connectivity index (χ4n) is 3.48. The number of methoxy groups -OCH3 is 1. The number of halogens is 2. The van der Waals surface area contributed by atoms with Gasteiger partial charge >= 0.3 is 0 Å². The van der Waals surface area contributed by atoms with E-state index in [0.29, 0.717) is 38.2 Å². The second-order valence-electron chi connectivity index (χ2n) is 7.78. The lowest BCUT2D eigenvalue weighted by atomic mass is 10.1. The van der Waals surface area contributed by atoms with Crippen molar-refractivity contribution in [3.63, 3.8) is 0 Å². The van der Waals surface area contributed by atoms with Gasteiger partial charge in [0, 0.05) is 53.0 Å². The number of aliphatic imine (C=N–C) groups is 1. The molecule has 0 spiro atoms. The lowest BCUT2D eigenvalue weighted by Gasteiger charge is -2.31. The maximum absolute atomic E-state index is 14.6. The highest BCUT2D eigenvalue weighted by Crippen LogP contribution is 2.24. The summed E-state index contributed by atoms with van der Waals surface area (Å²) in [5, 5.41) is 16.2. The van der Waals surface area contributed by atoms with E-state index in [1.165, 1.54) is 0 Å².